The summed E-state index contributed by atoms with van der Waals surface area (Å²) < 4.78 is 5.40. The Balaban J connectivity index is 1.31. The number of furan rings is 1. The lowest BCUT2D eigenvalue weighted by Crippen LogP contribution is -2.52. The number of carbonyl (C=O) groups is 2. The molecule has 27 heavy (non-hydrogen) atoms. The van der Waals surface area contributed by atoms with Crippen LogP contribution in [-0.4, -0.2) is 39.9 Å². The van der Waals surface area contributed by atoms with Crippen molar-refractivity contribution in [1.29, 1.82) is 0 Å². The van der Waals surface area contributed by atoms with E-state index in [0.29, 0.717) is 30.3 Å². The van der Waals surface area contributed by atoms with Gasteiger partial charge in [-0.3, -0.25) is 9.69 Å². The van der Waals surface area contributed by atoms with Crippen molar-refractivity contribution in [3.63, 3.8) is 0 Å². The zero-order valence-corrected chi connectivity index (χ0v) is 15.1. The van der Waals surface area contributed by atoms with Gasteiger partial charge < -0.3 is 14.4 Å². The Hall–Kier alpha value is -2.60. The van der Waals surface area contributed by atoms with E-state index in [-0.39, 0.29) is 16.9 Å². The molecule has 3 heterocycles. The molecule has 3 aliphatic rings. The molecule has 1 saturated carbocycles. The van der Waals surface area contributed by atoms with Gasteiger partial charge in [0.2, 0.25) is 5.91 Å². The van der Waals surface area contributed by atoms with Crippen molar-refractivity contribution in [1.82, 2.24) is 9.80 Å². The highest BCUT2D eigenvalue weighted by Crippen LogP contribution is 2.54. The fraction of sp³-hybridized carbons (Fsp3) is 0.429. The summed E-state index contributed by atoms with van der Waals surface area (Å²) in [5.41, 5.74) is 1.80. The highest BCUT2D eigenvalue weighted by molar-refractivity contribution is 5.90. The van der Waals surface area contributed by atoms with E-state index in [1.165, 1.54) is 11.8 Å². The molecule has 1 aromatic carbocycles. The van der Waals surface area contributed by atoms with Gasteiger partial charge in [-0.15, -0.1) is 0 Å². The molecule has 1 amide bonds. The first-order chi connectivity index (χ1) is 13.1. The van der Waals surface area contributed by atoms with E-state index in [4.69, 9.17) is 4.42 Å². The summed E-state index contributed by atoms with van der Waals surface area (Å²) in [4.78, 5) is 28.9. The van der Waals surface area contributed by atoms with Crippen LogP contribution in [0.5, 0.6) is 0 Å². The van der Waals surface area contributed by atoms with Crippen LogP contribution in [0.3, 0.4) is 0 Å². The van der Waals surface area contributed by atoms with E-state index in [2.05, 4.69) is 17.0 Å². The van der Waals surface area contributed by atoms with Gasteiger partial charge in [-0.25, -0.2) is 4.79 Å². The van der Waals surface area contributed by atoms with Gasteiger partial charge in [0.25, 0.3) is 0 Å². The second-order valence-corrected chi connectivity index (χ2v) is 8.06. The van der Waals surface area contributed by atoms with Crippen LogP contribution in [0.2, 0.25) is 0 Å². The Kier molecular flexibility index (Phi) is 3.65. The highest BCUT2D eigenvalue weighted by Gasteiger charge is 2.59. The minimum atomic E-state index is -0.996. The number of rotatable bonds is 4. The smallest absolute Gasteiger partial charge is 0.339 e. The number of carboxylic acid groups (broad SMARTS) is 1. The van der Waals surface area contributed by atoms with Gasteiger partial charge in [-0.05, 0) is 24.3 Å². The van der Waals surface area contributed by atoms with Crippen LogP contribution >= 0.6 is 0 Å². The zero-order chi connectivity index (χ0) is 18.6. The van der Waals surface area contributed by atoms with Crippen LogP contribution in [-0.2, 0) is 24.4 Å². The monoisotopic (exact) mass is 366 g/mol. The standard InChI is InChI=1S/C21H22N2O4/c24-19(25)17-12-27-18-11-23(10-16(17)18)20(26)21-7-6-15(21)9-22(13-21)8-14-4-2-1-3-5-14/h1-5,12,15H,6-11,13H2,(H,24,25)/t15-,21-/m0/s1. The normalized spacial score (nSPS) is 26.5. The number of fused-ring (bicyclic) bond motifs is 2. The third-order valence-electron chi connectivity index (χ3n) is 6.56. The number of hydrogen-bond donors (Lipinski definition) is 1. The molecule has 2 atom stereocenters. The fourth-order valence-electron chi connectivity index (χ4n) is 5.04. The minimum Gasteiger partial charge on any atom is -0.478 e. The van der Waals surface area contributed by atoms with Crippen LogP contribution in [0.1, 0.15) is 40.1 Å². The lowest BCUT2D eigenvalue weighted by molar-refractivity contribution is -0.150. The third-order valence-corrected chi connectivity index (χ3v) is 6.56. The average Bonchev–Trinajstić information content (AvgIpc) is 3.29. The molecule has 0 bridgehead atoms. The molecule has 2 fully saturated rings. The maximum absolute atomic E-state index is 13.4. The van der Waals surface area contributed by atoms with Gasteiger partial charge in [-0.1, -0.05) is 30.3 Å². The van der Waals surface area contributed by atoms with E-state index in [9.17, 15) is 14.7 Å². The molecule has 0 spiro atoms. The summed E-state index contributed by atoms with van der Waals surface area (Å²) in [6.45, 7) is 3.34. The SMILES string of the molecule is O=C(O)c1coc2c1CN(C(=O)[C@]13CC[C@H]1CN(Cc1ccccc1)C3)C2. The predicted octanol–water partition coefficient (Wildman–Crippen LogP) is 2.73. The van der Waals surface area contributed by atoms with Crippen LogP contribution in [0.4, 0.5) is 0 Å². The molecule has 5 rings (SSSR count). The van der Waals surface area contributed by atoms with Crippen molar-refractivity contribution >= 4 is 11.9 Å². The largest absolute Gasteiger partial charge is 0.478 e. The second-order valence-electron chi connectivity index (χ2n) is 8.06. The van der Waals surface area contributed by atoms with Crippen molar-refractivity contribution in [3.8, 4) is 0 Å². The number of likely N-dealkylation sites (tertiary alicyclic amines) is 1. The first kappa shape index (κ1) is 16.6. The van der Waals surface area contributed by atoms with Crippen molar-refractivity contribution in [3.05, 3.63) is 59.0 Å². The minimum absolute atomic E-state index is 0.164. The molecule has 0 radical (unpaired) electrons. The van der Waals surface area contributed by atoms with Gasteiger partial charge in [0, 0.05) is 25.2 Å². The Labute approximate surface area is 157 Å². The van der Waals surface area contributed by atoms with Gasteiger partial charge >= 0.3 is 5.97 Å². The van der Waals surface area contributed by atoms with Gasteiger partial charge in [0.1, 0.15) is 17.6 Å². The fourth-order valence-corrected chi connectivity index (χ4v) is 5.04. The molecule has 6 nitrogen and oxygen atoms in total. The lowest BCUT2D eigenvalue weighted by atomic mass is 9.61. The van der Waals surface area contributed by atoms with E-state index < -0.39 is 5.97 Å². The molecule has 1 aliphatic carbocycles. The van der Waals surface area contributed by atoms with Gasteiger partial charge in [0.15, 0.2) is 0 Å². The Morgan fingerprint density at radius 3 is 2.74 bits per heavy atom. The van der Waals surface area contributed by atoms with E-state index >= 15 is 0 Å². The first-order valence-corrected chi connectivity index (χ1v) is 9.45. The van der Waals surface area contributed by atoms with E-state index in [1.54, 1.807) is 4.90 Å². The summed E-state index contributed by atoms with van der Waals surface area (Å²) in [6.07, 6.45) is 3.30. The van der Waals surface area contributed by atoms with E-state index in [1.807, 2.05) is 18.2 Å². The maximum atomic E-state index is 13.4. The average molecular weight is 366 g/mol. The first-order valence-electron chi connectivity index (χ1n) is 9.45. The molecule has 6 heteroatoms. The number of amides is 1. The topological polar surface area (TPSA) is 74.0 Å². The number of carbonyl (C=O) groups excluding carboxylic acids is 1. The van der Waals surface area contributed by atoms with Crippen LogP contribution in [0.15, 0.2) is 41.0 Å². The summed E-state index contributed by atoms with van der Waals surface area (Å²) in [5.74, 6) is 0.188. The molecule has 1 aromatic heterocycles. The van der Waals surface area contributed by atoms with Crippen molar-refractivity contribution in [2.75, 3.05) is 13.1 Å². The summed E-state index contributed by atoms with van der Waals surface area (Å²) in [7, 11) is 0. The number of nitrogens with zero attached hydrogens (tertiary/aromatic N) is 2. The van der Waals surface area contributed by atoms with Crippen LogP contribution in [0.25, 0.3) is 0 Å². The molecular weight excluding hydrogens is 344 g/mol. The van der Waals surface area contributed by atoms with Gasteiger partial charge in [-0.2, -0.15) is 0 Å². The highest BCUT2D eigenvalue weighted by atomic mass is 16.4. The number of carboxylic acids is 1. The molecule has 1 N–H and O–H groups in total. The Morgan fingerprint density at radius 2 is 2.04 bits per heavy atom. The number of hydrogen-bond acceptors (Lipinski definition) is 4. The maximum Gasteiger partial charge on any atom is 0.339 e. The van der Waals surface area contributed by atoms with E-state index in [0.717, 1.165) is 32.5 Å². The predicted molar refractivity (Wildman–Crippen MR) is 96.8 cm³/mol. The van der Waals surface area contributed by atoms with Crippen LogP contribution < -0.4 is 0 Å². The quantitative estimate of drug-likeness (QED) is 0.901. The Morgan fingerprint density at radius 1 is 1.22 bits per heavy atom. The summed E-state index contributed by atoms with van der Waals surface area (Å²) in [6, 6.07) is 10.4. The lowest BCUT2D eigenvalue weighted by Gasteiger charge is -2.44. The third kappa shape index (κ3) is 2.51. The van der Waals surface area contributed by atoms with Crippen molar-refractivity contribution < 1.29 is 19.1 Å². The zero-order valence-electron chi connectivity index (χ0n) is 15.1. The molecule has 140 valence electrons. The van der Waals surface area contributed by atoms with Crippen LogP contribution in [0, 0.1) is 11.3 Å². The molecular formula is C21H22N2O4. The van der Waals surface area contributed by atoms with Gasteiger partial charge in [0.05, 0.1) is 18.5 Å². The Bertz CT molecular complexity index is 906. The molecule has 1 saturated heterocycles. The van der Waals surface area contributed by atoms with Crippen molar-refractivity contribution in [2.45, 2.75) is 32.5 Å². The molecule has 2 aromatic rings. The summed E-state index contributed by atoms with van der Waals surface area (Å²) in [5, 5.41) is 9.28. The number of benzene rings is 1. The molecule has 0 unspecified atom stereocenters. The summed E-state index contributed by atoms with van der Waals surface area (Å²) >= 11 is 0. The molecule has 2 aliphatic heterocycles. The second kappa shape index (κ2) is 5.96. The number of aromatic carboxylic acids is 1. The van der Waals surface area contributed by atoms with Crippen molar-refractivity contribution in [2.24, 2.45) is 11.3 Å².